The van der Waals surface area contributed by atoms with Gasteiger partial charge in [-0.05, 0) is 38.5 Å². The highest BCUT2D eigenvalue weighted by atomic mass is 16.6. The standard InChI is InChI=1S/C12H18O/c1-2-4-6-8-10-12-11(13-12)9-7-5-3-1/h3-6,11-12H,1-2,7-10H2/b5-3-,6-4-/t11-,12+. The third kappa shape index (κ3) is 3.00. The highest BCUT2D eigenvalue weighted by Crippen LogP contribution is 2.30. The van der Waals surface area contributed by atoms with Crippen LogP contribution in [-0.2, 0) is 4.74 Å². The molecule has 72 valence electrons. The summed E-state index contributed by atoms with van der Waals surface area (Å²) in [6, 6.07) is 0. The topological polar surface area (TPSA) is 12.5 Å². The van der Waals surface area contributed by atoms with Crippen molar-refractivity contribution in [1.29, 1.82) is 0 Å². The molecule has 1 aliphatic carbocycles. The van der Waals surface area contributed by atoms with Gasteiger partial charge in [0.05, 0.1) is 12.2 Å². The Bertz CT molecular complexity index is 183. The van der Waals surface area contributed by atoms with E-state index in [1.165, 1.54) is 38.5 Å². The number of rotatable bonds is 0. The van der Waals surface area contributed by atoms with Crippen LogP contribution in [0.25, 0.3) is 0 Å². The summed E-state index contributed by atoms with van der Waals surface area (Å²) in [5, 5.41) is 0. The lowest BCUT2D eigenvalue weighted by Gasteiger charge is -1.94. The first kappa shape index (κ1) is 9.01. The Morgan fingerprint density at radius 3 is 1.69 bits per heavy atom. The smallest absolute Gasteiger partial charge is 0.0845 e. The van der Waals surface area contributed by atoms with Crippen molar-refractivity contribution >= 4 is 0 Å². The molecule has 1 heterocycles. The van der Waals surface area contributed by atoms with Gasteiger partial charge in [0.2, 0.25) is 0 Å². The number of hydrogen-bond acceptors (Lipinski definition) is 1. The second-order valence-electron chi connectivity index (χ2n) is 3.89. The van der Waals surface area contributed by atoms with Crippen molar-refractivity contribution in [2.45, 2.75) is 50.7 Å². The minimum atomic E-state index is 0.581. The van der Waals surface area contributed by atoms with Gasteiger partial charge in [0, 0.05) is 0 Å². The van der Waals surface area contributed by atoms with Crippen LogP contribution in [0.5, 0.6) is 0 Å². The second-order valence-corrected chi connectivity index (χ2v) is 3.89. The molecule has 1 aliphatic heterocycles. The van der Waals surface area contributed by atoms with Crippen molar-refractivity contribution in [2.24, 2.45) is 0 Å². The third-order valence-corrected chi connectivity index (χ3v) is 2.76. The molecule has 2 aliphatic rings. The van der Waals surface area contributed by atoms with Crippen LogP contribution >= 0.6 is 0 Å². The van der Waals surface area contributed by atoms with Crippen LogP contribution in [0.2, 0.25) is 0 Å². The van der Waals surface area contributed by atoms with Crippen LogP contribution < -0.4 is 0 Å². The Morgan fingerprint density at radius 2 is 1.15 bits per heavy atom. The van der Waals surface area contributed by atoms with Crippen LogP contribution in [0.1, 0.15) is 38.5 Å². The lowest BCUT2D eigenvalue weighted by atomic mass is 10.1. The van der Waals surface area contributed by atoms with Crippen molar-refractivity contribution < 1.29 is 4.74 Å². The summed E-state index contributed by atoms with van der Waals surface area (Å²) < 4.78 is 5.56. The van der Waals surface area contributed by atoms with Gasteiger partial charge in [-0.15, -0.1) is 0 Å². The van der Waals surface area contributed by atoms with E-state index in [0.29, 0.717) is 12.2 Å². The Labute approximate surface area is 80.5 Å². The molecule has 13 heavy (non-hydrogen) atoms. The molecule has 0 aromatic heterocycles. The van der Waals surface area contributed by atoms with E-state index in [2.05, 4.69) is 24.3 Å². The van der Waals surface area contributed by atoms with Gasteiger partial charge < -0.3 is 4.74 Å². The van der Waals surface area contributed by atoms with Gasteiger partial charge in [-0.3, -0.25) is 0 Å². The molecule has 0 N–H and O–H groups in total. The van der Waals surface area contributed by atoms with Crippen molar-refractivity contribution in [2.75, 3.05) is 0 Å². The molecule has 0 amide bonds. The molecule has 1 nitrogen and oxygen atoms in total. The number of ether oxygens (including phenoxy) is 1. The van der Waals surface area contributed by atoms with Crippen LogP contribution in [0.3, 0.4) is 0 Å². The summed E-state index contributed by atoms with van der Waals surface area (Å²) in [6.07, 6.45) is 17.6. The molecule has 0 radical (unpaired) electrons. The minimum Gasteiger partial charge on any atom is -0.370 e. The number of fused-ring (bicyclic) bond motifs is 1. The van der Waals surface area contributed by atoms with E-state index < -0.39 is 0 Å². The molecule has 0 saturated carbocycles. The van der Waals surface area contributed by atoms with E-state index in [0.717, 1.165) is 0 Å². The fourth-order valence-corrected chi connectivity index (χ4v) is 1.87. The molecule has 0 spiro atoms. The maximum Gasteiger partial charge on any atom is 0.0845 e. The van der Waals surface area contributed by atoms with Gasteiger partial charge in [0.25, 0.3) is 0 Å². The van der Waals surface area contributed by atoms with E-state index in [9.17, 15) is 0 Å². The summed E-state index contributed by atoms with van der Waals surface area (Å²) in [7, 11) is 0. The normalized spacial score (nSPS) is 39.4. The first-order valence-corrected chi connectivity index (χ1v) is 5.42. The highest BCUT2D eigenvalue weighted by Gasteiger charge is 2.36. The third-order valence-electron chi connectivity index (χ3n) is 2.76. The molecule has 1 saturated heterocycles. The monoisotopic (exact) mass is 178 g/mol. The summed E-state index contributed by atoms with van der Waals surface area (Å²) in [4.78, 5) is 0. The predicted molar refractivity (Wildman–Crippen MR) is 54.6 cm³/mol. The first-order chi connectivity index (χ1) is 6.47. The summed E-state index contributed by atoms with van der Waals surface area (Å²) in [5.74, 6) is 0. The van der Waals surface area contributed by atoms with E-state index in [1.54, 1.807) is 0 Å². The summed E-state index contributed by atoms with van der Waals surface area (Å²) >= 11 is 0. The van der Waals surface area contributed by atoms with Crippen molar-refractivity contribution in [3.63, 3.8) is 0 Å². The SMILES string of the molecule is C1=C\CC[C@@H]2O[C@@H]2CC/C=C\CC/1. The predicted octanol–water partition coefficient (Wildman–Crippen LogP) is 3.22. The first-order valence-electron chi connectivity index (χ1n) is 5.42. The molecule has 2 atom stereocenters. The molecule has 2 rings (SSSR count). The van der Waals surface area contributed by atoms with Crippen LogP contribution in [0.15, 0.2) is 24.3 Å². The van der Waals surface area contributed by atoms with Gasteiger partial charge >= 0.3 is 0 Å². The number of epoxide rings is 1. The lowest BCUT2D eigenvalue weighted by molar-refractivity contribution is 0.357. The van der Waals surface area contributed by atoms with Crippen LogP contribution in [0, 0.1) is 0 Å². The molecule has 1 heteroatoms. The number of allylic oxidation sites excluding steroid dienone is 4. The summed E-state index contributed by atoms with van der Waals surface area (Å²) in [5.41, 5.74) is 0. The Morgan fingerprint density at radius 1 is 0.692 bits per heavy atom. The lowest BCUT2D eigenvalue weighted by Crippen LogP contribution is -1.93. The highest BCUT2D eigenvalue weighted by molar-refractivity contribution is 4.94. The Hall–Kier alpha value is -0.560. The largest absolute Gasteiger partial charge is 0.370 e. The fraction of sp³-hybridized carbons (Fsp3) is 0.667. The van der Waals surface area contributed by atoms with E-state index in [-0.39, 0.29) is 0 Å². The zero-order chi connectivity index (χ0) is 8.93. The van der Waals surface area contributed by atoms with Crippen LogP contribution in [0.4, 0.5) is 0 Å². The zero-order valence-electron chi connectivity index (χ0n) is 8.11. The molecule has 0 bridgehead atoms. The van der Waals surface area contributed by atoms with Crippen molar-refractivity contribution in [1.82, 2.24) is 0 Å². The maximum atomic E-state index is 5.56. The average molecular weight is 178 g/mol. The van der Waals surface area contributed by atoms with Crippen molar-refractivity contribution in [3.05, 3.63) is 24.3 Å². The number of hydrogen-bond donors (Lipinski definition) is 0. The Balaban J connectivity index is 1.80. The fourth-order valence-electron chi connectivity index (χ4n) is 1.87. The van der Waals surface area contributed by atoms with Crippen molar-refractivity contribution in [3.8, 4) is 0 Å². The summed E-state index contributed by atoms with van der Waals surface area (Å²) in [6.45, 7) is 0. The Kier molecular flexibility index (Phi) is 3.20. The minimum absolute atomic E-state index is 0.581. The quantitative estimate of drug-likeness (QED) is 0.410. The average Bonchev–Trinajstić information content (AvgIpc) is 2.83. The second kappa shape index (κ2) is 4.61. The zero-order valence-corrected chi connectivity index (χ0v) is 8.11. The maximum absolute atomic E-state index is 5.56. The van der Waals surface area contributed by atoms with Gasteiger partial charge in [0.15, 0.2) is 0 Å². The van der Waals surface area contributed by atoms with Gasteiger partial charge in [-0.2, -0.15) is 0 Å². The van der Waals surface area contributed by atoms with Crippen LogP contribution in [-0.4, -0.2) is 12.2 Å². The van der Waals surface area contributed by atoms with E-state index >= 15 is 0 Å². The molecule has 1 fully saturated rings. The van der Waals surface area contributed by atoms with Gasteiger partial charge in [-0.25, -0.2) is 0 Å². The molecular formula is C12H18O. The van der Waals surface area contributed by atoms with Gasteiger partial charge in [0.1, 0.15) is 0 Å². The molecule has 0 unspecified atom stereocenters. The van der Waals surface area contributed by atoms with Gasteiger partial charge in [-0.1, -0.05) is 24.3 Å². The van der Waals surface area contributed by atoms with E-state index in [1.807, 2.05) is 0 Å². The molecular weight excluding hydrogens is 160 g/mol. The van der Waals surface area contributed by atoms with E-state index in [4.69, 9.17) is 4.74 Å². The molecule has 0 aromatic rings. The molecule has 0 aromatic carbocycles.